The smallest absolute Gasteiger partial charge is 0.307 e. The molecule has 0 spiro atoms. The molecule has 0 aromatic heterocycles. The third-order valence-electron chi connectivity index (χ3n) is 3.28. The highest BCUT2D eigenvalue weighted by atomic mass is 32.2. The first-order chi connectivity index (χ1) is 8.39. The van der Waals surface area contributed by atoms with Gasteiger partial charge in [0.2, 0.25) is 0 Å². The molecule has 7 heteroatoms. The molecule has 0 unspecified atom stereocenters. The van der Waals surface area contributed by atoms with E-state index < -0.39 is 22.1 Å². The van der Waals surface area contributed by atoms with Crippen LogP contribution in [0.2, 0.25) is 0 Å². The van der Waals surface area contributed by atoms with Crippen LogP contribution < -0.4 is 0 Å². The topological polar surface area (TPSA) is 77.9 Å². The molecule has 0 radical (unpaired) electrons. The highest BCUT2D eigenvalue weighted by molar-refractivity contribution is 7.86. The van der Waals surface area contributed by atoms with Crippen molar-refractivity contribution in [2.75, 3.05) is 26.7 Å². The van der Waals surface area contributed by atoms with E-state index in [1.54, 1.807) is 7.05 Å². The first-order valence-corrected chi connectivity index (χ1v) is 7.73. The maximum atomic E-state index is 12.2. The maximum absolute atomic E-state index is 12.2. The van der Waals surface area contributed by atoms with E-state index in [0.717, 1.165) is 12.8 Å². The molecule has 1 N–H and O–H groups in total. The van der Waals surface area contributed by atoms with Gasteiger partial charge in [0.05, 0.1) is 5.92 Å². The number of hydrogen-bond acceptors (Lipinski definition) is 3. The maximum Gasteiger partial charge on any atom is 0.307 e. The van der Waals surface area contributed by atoms with Gasteiger partial charge in [-0.3, -0.25) is 4.79 Å². The number of aliphatic carboxylic acids is 1. The average Bonchev–Trinajstić information content (AvgIpc) is 2.35. The molecule has 0 bridgehead atoms. The van der Waals surface area contributed by atoms with E-state index in [4.69, 9.17) is 5.11 Å². The van der Waals surface area contributed by atoms with Gasteiger partial charge in [-0.25, -0.2) is 0 Å². The molecule has 0 amide bonds. The number of nitrogens with zero attached hydrogens (tertiary/aromatic N) is 2. The van der Waals surface area contributed by atoms with Crippen LogP contribution >= 0.6 is 0 Å². The Balaban J connectivity index is 2.69. The van der Waals surface area contributed by atoms with Crippen LogP contribution in [0.5, 0.6) is 0 Å². The van der Waals surface area contributed by atoms with Gasteiger partial charge in [-0.1, -0.05) is 13.3 Å². The summed E-state index contributed by atoms with van der Waals surface area (Å²) >= 11 is 0. The van der Waals surface area contributed by atoms with Gasteiger partial charge in [-0.15, -0.1) is 0 Å². The fourth-order valence-electron chi connectivity index (χ4n) is 2.05. The molecule has 1 aliphatic rings. The van der Waals surface area contributed by atoms with Crippen molar-refractivity contribution < 1.29 is 18.3 Å². The zero-order valence-electron chi connectivity index (χ0n) is 11.0. The van der Waals surface area contributed by atoms with Crippen LogP contribution in [0.4, 0.5) is 0 Å². The molecule has 0 aromatic carbocycles. The van der Waals surface area contributed by atoms with Gasteiger partial charge in [0.15, 0.2) is 0 Å². The first-order valence-electron chi connectivity index (χ1n) is 6.33. The molecule has 18 heavy (non-hydrogen) atoms. The van der Waals surface area contributed by atoms with Crippen LogP contribution in [0.3, 0.4) is 0 Å². The van der Waals surface area contributed by atoms with E-state index in [1.165, 1.54) is 8.61 Å². The van der Waals surface area contributed by atoms with Crippen molar-refractivity contribution in [1.29, 1.82) is 0 Å². The third-order valence-corrected chi connectivity index (χ3v) is 5.23. The fourth-order valence-corrected chi connectivity index (χ4v) is 3.53. The Bertz CT molecular complexity index is 383. The summed E-state index contributed by atoms with van der Waals surface area (Å²) < 4.78 is 27.1. The van der Waals surface area contributed by atoms with Crippen molar-refractivity contribution in [1.82, 2.24) is 8.61 Å². The van der Waals surface area contributed by atoms with Crippen molar-refractivity contribution in [3.8, 4) is 0 Å². The predicted molar refractivity (Wildman–Crippen MR) is 68.4 cm³/mol. The van der Waals surface area contributed by atoms with Crippen LogP contribution in [0.25, 0.3) is 0 Å². The summed E-state index contributed by atoms with van der Waals surface area (Å²) in [6.07, 6.45) is 2.90. The van der Waals surface area contributed by atoms with E-state index in [-0.39, 0.29) is 6.54 Å². The molecule has 6 nitrogen and oxygen atoms in total. The van der Waals surface area contributed by atoms with Gasteiger partial charge in [0.25, 0.3) is 10.2 Å². The van der Waals surface area contributed by atoms with E-state index in [0.29, 0.717) is 25.9 Å². The highest BCUT2D eigenvalue weighted by Crippen LogP contribution is 2.20. The van der Waals surface area contributed by atoms with E-state index in [1.807, 2.05) is 6.92 Å². The van der Waals surface area contributed by atoms with Crippen LogP contribution in [0, 0.1) is 5.92 Å². The molecule has 0 saturated carbocycles. The number of unbranched alkanes of at least 4 members (excludes halogenated alkanes) is 1. The molecular weight excluding hydrogens is 256 g/mol. The second-order valence-electron chi connectivity index (χ2n) is 4.72. The summed E-state index contributed by atoms with van der Waals surface area (Å²) in [6, 6.07) is 0. The molecule has 1 rings (SSSR count). The zero-order chi connectivity index (χ0) is 13.8. The molecule has 1 atom stereocenters. The number of carbonyl (C=O) groups is 1. The molecule has 1 saturated heterocycles. The summed E-state index contributed by atoms with van der Waals surface area (Å²) in [6.45, 7) is 2.99. The average molecular weight is 278 g/mol. The predicted octanol–water partition coefficient (Wildman–Crippen LogP) is 0.760. The Morgan fingerprint density at radius 1 is 1.50 bits per heavy atom. The van der Waals surface area contributed by atoms with E-state index in [9.17, 15) is 13.2 Å². The SMILES string of the molecule is CCCCN(C)S(=O)(=O)N1CCC[C@H](C(=O)O)C1. The van der Waals surface area contributed by atoms with Crippen molar-refractivity contribution in [2.45, 2.75) is 32.6 Å². The Labute approximate surface area is 109 Å². The highest BCUT2D eigenvalue weighted by Gasteiger charge is 2.34. The summed E-state index contributed by atoms with van der Waals surface area (Å²) in [7, 11) is -1.95. The minimum absolute atomic E-state index is 0.0914. The molecule has 1 fully saturated rings. The summed E-state index contributed by atoms with van der Waals surface area (Å²) in [5.41, 5.74) is 0. The van der Waals surface area contributed by atoms with Gasteiger partial charge >= 0.3 is 5.97 Å². The fraction of sp³-hybridized carbons (Fsp3) is 0.909. The third kappa shape index (κ3) is 3.66. The van der Waals surface area contributed by atoms with E-state index in [2.05, 4.69) is 0 Å². The minimum atomic E-state index is -3.50. The Kier molecular flexibility index (Phi) is 5.55. The number of carboxylic acids is 1. The Morgan fingerprint density at radius 2 is 2.17 bits per heavy atom. The van der Waals surface area contributed by atoms with Crippen molar-refractivity contribution >= 4 is 16.2 Å². The summed E-state index contributed by atoms with van der Waals surface area (Å²) in [5, 5.41) is 8.97. The number of rotatable bonds is 6. The molecule has 0 aromatic rings. The van der Waals surface area contributed by atoms with Crippen LogP contribution in [0.1, 0.15) is 32.6 Å². The standard InChI is InChI=1S/C11H22N2O4S/c1-3-4-7-12(2)18(16,17)13-8-5-6-10(9-13)11(14)15/h10H,3-9H2,1-2H3,(H,14,15)/t10-/m0/s1. The zero-order valence-corrected chi connectivity index (χ0v) is 11.8. The van der Waals surface area contributed by atoms with Gasteiger partial charge in [-0.2, -0.15) is 17.0 Å². The van der Waals surface area contributed by atoms with E-state index >= 15 is 0 Å². The Morgan fingerprint density at radius 3 is 2.72 bits per heavy atom. The second kappa shape index (κ2) is 6.49. The van der Waals surface area contributed by atoms with Gasteiger partial charge in [0, 0.05) is 26.7 Å². The number of hydrogen-bond donors (Lipinski definition) is 1. The van der Waals surface area contributed by atoms with Crippen molar-refractivity contribution in [2.24, 2.45) is 5.92 Å². The lowest BCUT2D eigenvalue weighted by molar-refractivity contribution is -0.142. The lowest BCUT2D eigenvalue weighted by atomic mass is 10.0. The van der Waals surface area contributed by atoms with Crippen LogP contribution in [-0.2, 0) is 15.0 Å². The van der Waals surface area contributed by atoms with Gasteiger partial charge in [0.1, 0.15) is 0 Å². The normalized spacial score (nSPS) is 22.3. The molecule has 1 heterocycles. The molecule has 1 aliphatic heterocycles. The number of piperidine rings is 1. The summed E-state index contributed by atoms with van der Waals surface area (Å²) in [4.78, 5) is 10.9. The van der Waals surface area contributed by atoms with Gasteiger partial charge < -0.3 is 5.11 Å². The molecule has 106 valence electrons. The lowest BCUT2D eigenvalue weighted by Crippen LogP contribution is -2.48. The molecule has 0 aliphatic carbocycles. The number of carboxylic acid groups (broad SMARTS) is 1. The monoisotopic (exact) mass is 278 g/mol. The second-order valence-corrected chi connectivity index (χ2v) is 6.75. The lowest BCUT2D eigenvalue weighted by Gasteiger charge is -2.32. The Hall–Kier alpha value is -0.660. The summed E-state index contributed by atoms with van der Waals surface area (Å²) in [5.74, 6) is -1.49. The minimum Gasteiger partial charge on any atom is -0.481 e. The quantitative estimate of drug-likeness (QED) is 0.778. The van der Waals surface area contributed by atoms with Gasteiger partial charge in [-0.05, 0) is 19.3 Å². The first kappa shape index (κ1) is 15.4. The largest absolute Gasteiger partial charge is 0.481 e. The van der Waals surface area contributed by atoms with Crippen LogP contribution in [0.15, 0.2) is 0 Å². The van der Waals surface area contributed by atoms with Crippen molar-refractivity contribution in [3.63, 3.8) is 0 Å². The molecular formula is C11H22N2O4S. The van der Waals surface area contributed by atoms with Crippen molar-refractivity contribution in [3.05, 3.63) is 0 Å². The van der Waals surface area contributed by atoms with Crippen LogP contribution in [-0.4, -0.2) is 54.8 Å².